The summed E-state index contributed by atoms with van der Waals surface area (Å²) in [5.41, 5.74) is 2.74. The van der Waals surface area contributed by atoms with Crippen molar-refractivity contribution in [3.05, 3.63) is 65.2 Å². The van der Waals surface area contributed by atoms with Gasteiger partial charge in [0.2, 0.25) is 0 Å². The third kappa shape index (κ3) is 3.18. The second-order valence-corrected chi connectivity index (χ2v) is 9.37. The molecule has 1 spiro atoms. The van der Waals surface area contributed by atoms with E-state index < -0.39 is 12.1 Å². The molecule has 2 heterocycles. The van der Waals surface area contributed by atoms with Crippen LogP contribution in [0.4, 0.5) is 0 Å². The first-order valence-electron chi connectivity index (χ1n) is 11.4. The van der Waals surface area contributed by atoms with Crippen LogP contribution in [0.3, 0.4) is 0 Å². The maximum absolute atomic E-state index is 13.0. The van der Waals surface area contributed by atoms with Crippen molar-refractivity contribution in [2.45, 2.75) is 50.7 Å². The fourth-order valence-electron chi connectivity index (χ4n) is 6.07. The quantitative estimate of drug-likeness (QED) is 0.412. The molecule has 1 aliphatic carbocycles. The Morgan fingerprint density at radius 1 is 1.22 bits per heavy atom. The molecule has 1 saturated carbocycles. The first kappa shape index (κ1) is 21.0. The molecule has 0 bridgehead atoms. The van der Waals surface area contributed by atoms with E-state index in [2.05, 4.69) is 25.8 Å². The van der Waals surface area contributed by atoms with Crippen LogP contribution in [0.15, 0.2) is 48.5 Å². The molecule has 0 unspecified atom stereocenters. The number of hydrogen-bond donors (Lipinski definition) is 0. The van der Waals surface area contributed by atoms with Gasteiger partial charge in [0.25, 0.3) is 0 Å². The van der Waals surface area contributed by atoms with Gasteiger partial charge in [0.1, 0.15) is 0 Å². The maximum Gasteiger partial charge on any atom is 0.336 e. The molecule has 0 aromatic heterocycles. The topological polar surface area (TPSA) is 55.8 Å². The number of aryl methyl sites for hydroxylation is 1. The molecular formula is C27H29NO4. The first-order chi connectivity index (χ1) is 15.4. The molecule has 0 N–H and O–H groups in total. The van der Waals surface area contributed by atoms with E-state index in [4.69, 9.17) is 9.47 Å². The molecular weight excluding hydrogens is 402 g/mol. The highest BCUT2D eigenvalue weighted by molar-refractivity contribution is 5.91. The SMILES string of the molecule is Cc1ccc(OC(=O)/C=C/c2ccccc2)c2c1[C@]13CCN(C)[C@H](C)[C@@H]1CCC(=O)[C@@H]3O2. The monoisotopic (exact) mass is 431 g/mol. The van der Waals surface area contributed by atoms with E-state index in [0.717, 1.165) is 36.1 Å². The molecule has 5 rings (SSSR count). The van der Waals surface area contributed by atoms with Crippen LogP contribution in [-0.4, -0.2) is 42.4 Å². The van der Waals surface area contributed by atoms with Gasteiger partial charge in [-0.3, -0.25) is 4.79 Å². The molecule has 166 valence electrons. The van der Waals surface area contributed by atoms with Gasteiger partial charge >= 0.3 is 5.97 Å². The summed E-state index contributed by atoms with van der Waals surface area (Å²) < 4.78 is 12.1. The normalized spacial score (nSPS) is 29.2. The van der Waals surface area contributed by atoms with Crippen molar-refractivity contribution in [1.29, 1.82) is 0 Å². The van der Waals surface area contributed by atoms with E-state index in [1.807, 2.05) is 36.4 Å². The molecule has 2 aromatic rings. The Morgan fingerprint density at radius 2 is 2.00 bits per heavy atom. The zero-order chi connectivity index (χ0) is 22.5. The highest BCUT2D eigenvalue weighted by atomic mass is 16.6. The lowest BCUT2D eigenvalue weighted by Gasteiger charge is -2.53. The first-order valence-corrected chi connectivity index (χ1v) is 11.4. The third-order valence-corrected chi connectivity index (χ3v) is 7.73. The average Bonchev–Trinajstić information content (AvgIpc) is 3.15. The zero-order valence-electron chi connectivity index (χ0n) is 18.8. The number of piperidine rings is 1. The number of carbonyl (C=O) groups is 2. The van der Waals surface area contributed by atoms with Crippen LogP contribution < -0.4 is 9.47 Å². The van der Waals surface area contributed by atoms with Crippen LogP contribution in [-0.2, 0) is 15.0 Å². The minimum Gasteiger partial charge on any atom is -0.477 e. The Kier molecular flexibility index (Phi) is 5.17. The van der Waals surface area contributed by atoms with Gasteiger partial charge in [-0.25, -0.2) is 4.79 Å². The standard InChI is InChI=1S/C27H29NO4/c1-17-9-13-22(31-23(30)14-10-19-7-5-4-6-8-19)25-24(17)27-15-16-28(3)18(2)20(27)11-12-21(29)26(27)32-25/h4-10,13-14,18,20,26H,11-12,15-16H2,1-3H3/b14-10+/t18-,20+,26+,27+/m1/s1. The number of Topliss-reactive ketones (excluding diaryl/α,β-unsaturated/α-hetero) is 1. The van der Waals surface area contributed by atoms with Crippen LogP contribution in [0, 0.1) is 12.8 Å². The summed E-state index contributed by atoms with van der Waals surface area (Å²) in [6.07, 6.45) is 4.94. The molecule has 1 saturated heterocycles. The lowest BCUT2D eigenvalue weighted by atomic mass is 9.55. The number of likely N-dealkylation sites (tertiary alicyclic amines) is 1. The van der Waals surface area contributed by atoms with Crippen molar-refractivity contribution in [2.75, 3.05) is 13.6 Å². The predicted octanol–water partition coefficient (Wildman–Crippen LogP) is 4.32. The molecule has 0 amide bonds. The number of ketones is 1. The second kappa shape index (κ2) is 7.89. The van der Waals surface area contributed by atoms with Crippen molar-refractivity contribution in [3.63, 3.8) is 0 Å². The van der Waals surface area contributed by atoms with Gasteiger partial charge < -0.3 is 14.4 Å². The van der Waals surface area contributed by atoms with Gasteiger partial charge in [-0.2, -0.15) is 0 Å². The summed E-state index contributed by atoms with van der Waals surface area (Å²) >= 11 is 0. The number of nitrogens with zero attached hydrogens (tertiary/aromatic N) is 1. The van der Waals surface area contributed by atoms with Crippen LogP contribution in [0.2, 0.25) is 0 Å². The van der Waals surface area contributed by atoms with Gasteiger partial charge in [-0.1, -0.05) is 36.4 Å². The number of esters is 1. The largest absolute Gasteiger partial charge is 0.477 e. The van der Waals surface area contributed by atoms with Crippen molar-refractivity contribution in [2.24, 2.45) is 5.92 Å². The van der Waals surface area contributed by atoms with Gasteiger partial charge in [0, 0.05) is 29.5 Å². The van der Waals surface area contributed by atoms with Gasteiger partial charge in [0.15, 0.2) is 23.4 Å². The number of benzene rings is 2. The molecule has 2 aliphatic heterocycles. The van der Waals surface area contributed by atoms with E-state index >= 15 is 0 Å². The summed E-state index contributed by atoms with van der Waals surface area (Å²) in [6.45, 7) is 5.23. The highest BCUT2D eigenvalue weighted by Gasteiger charge is 2.62. The summed E-state index contributed by atoms with van der Waals surface area (Å²) in [6, 6.07) is 13.7. The van der Waals surface area contributed by atoms with Crippen molar-refractivity contribution >= 4 is 17.8 Å². The summed E-state index contributed by atoms with van der Waals surface area (Å²) in [5, 5.41) is 0. The Hall–Kier alpha value is -2.92. The van der Waals surface area contributed by atoms with Crippen LogP contribution in [0.25, 0.3) is 6.08 Å². The van der Waals surface area contributed by atoms with E-state index in [1.54, 1.807) is 12.1 Å². The van der Waals surface area contributed by atoms with Gasteiger partial charge in [-0.15, -0.1) is 0 Å². The molecule has 32 heavy (non-hydrogen) atoms. The van der Waals surface area contributed by atoms with Gasteiger partial charge in [-0.05, 0) is 69.5 Å². The van der Waals surface area contributed by atoms with E-state index in [1.165, 1.54) is 6.08 Å². The summed E-state index contributed by atoms with van der Waals surface area (Å²) in [5.74, 6) is 1.00. The van der Waals surface area contributed by atoms with Gasteiger partial charge in [0.05, 0.1) is 0 Å². The Labute approximate surface area is 189 Å². The minimum atomic E-state index is -0.495. The van der Waals surface area contributed by atoms with Crippen LogP contribution >= 0.6 is 0 Å². The molecule has 5 nitrogen and oxygen atoms in total. The van der Waals surface area contributed by atoms with E-state index in [-0.39, 0.29) is 11.2 Å². The maximum atomic E-state index is 13.0. The summed E-state index contributed by atoms with van der Waals surface area (Å²) in [7, 11) is 2.16. The molecule has 4 atom stereocenters. The molecule has 0 radical (unpaired) electrons. The van der Waals surface area contributed by atoms with Crippen molar-refractivity contribution in [1.82, 2.24) is 4.90 Å². The average molecular weight is 432 g/mol. The van der Waals surface area contributed by atoms with E-state index in [0.29, 0.717) is 29.9 Å². The Balaban J connectivity index is 1.51. The number of ether oxygens (including phenoxy) is 2. The summed E-state index contributed by atoms with van der Waals surface area (Å²) in [4.78, 5) is 28.0. The second-order valence-electron chi connectivity index (χ2n) is 9.37. The number of fused-ring (bicyclic) bond motifs is 1. The van der Waals surface area contributed by atoms with E-state index in [9.17, 15) is 9.59 Å². The lowest BCUT2D eigenvalue weighted by molar-refractivity contribution is -0.137. The zero-order valence-corrected chi connectivity index (χ0v) is 18.8. The lowest BCUT2D eigenvalue weighted by Crippen LogP contribution is -2.62. The number of carbonyl (C=O) groups excluding carboxylic acids is 2. The number of hydrogen-bond acceptors (Lipinski definition) is 5. The smallest absolute Gasteiger partial charge is 0.336 e. The molecule has 3 aliphatic rings. The predicted molar refractivity (Wildman–Crippen MR) is 123 cm³/mol. The fraction of sp³-hybridized carbons (Fsp3) is 0.407. The highest BCUT2D eigenvalue weighted by Crippen LogP contribution is 2.60. The molecule has 5 heteroatoms. The fourth-order valence-corrected chi connectivity index (χ4v) is 6.07. The number of rotatable bonds is 3. The Morgan fingerprint density at radius 3 is 2.78 bits per heavy atom. The molecule has 2 aromatic carbocycles. The van der Waals surface area contributed by atoms with Crippen molar-refractivity contribution < 1.29 is 19.1 Å². The Bertz CT molecular complexity index is 1090. The third-order valence-electron chi connectivity index (χ3n) is 7.73. The van der Waals surface area contributed by atoms with Crippen molar-refractivity contribution in [3.8, 4) is 11.5 Å². The van der Waals surface area contributed by atoms with Crippen LogP contribution in [0.1, 0.15) is 42.9 Å². The van der Waals surface area contributed by atoms with Crippen LogP contribution in [0.5, 0.6) is 11.5 Å². The minimum absolute atomic E-state index is 0.162. The molecule has 2 fully saturated rings.